The zero-order chi connectivity index (χ0) is 28.2. The Labute approximate surface area is 233 Å². The molecule has 1 saturated heterocycles. The molecule has 2 aromatic heterocycles. The van der Waals surface area contributed by atoms with Gasteiger partial charge in [0, 0.05) is 54.0 Å². The number of carbonyl (C=O) groups is 1. The summed E-state index contributed by atoms with van der Waals surface area (Å²) in [5, 5.41) is 27.9. The number of ether oxygens (including phenoxy) is 1. The first kappa shape index (κ1) is 27.1. The highest BCUT2D eigenvalue weighted by molar-refractivity contribution is 5.98. The van der Waals surface area contributed by atoms with Gasteiger partial charge in [0.25, 0.3) is 0 Å². The van der Waals surface area contributed by atoms with Crippen molar-refractivity contribution in [2.24, 2.45) is 0 Å². The van der Waals surface area contributed by atoms with Crippen LogP contribution in [0.3, 0.4) is 0 Å². The molecule has 0 radical (unpaired) electrons. The van der Waals surface area contributed by atoms with Crippen molar-refractivity contribution in [1.82, 2.24) is 19.9 Å². The number of likely N-dealkylation sites (tertiary alicyclic amines) is 1. The van der Waals surface area contributed by atoms with Gasteiger partial charge in [0.15, 0.2) is 0 Å². The topological polar surface area (TPSA) is 133 Å². The maximum Gasteiger partial charge on any atom is 0.407 e. The van der Waals surface area contributed by atoms with Gasteiger partial charge in [-0.2, -0.15) is 0 Å². The van der Waals surface area contributed by atoms with Gasteiger partial charge in [-0.25, -0.2) is 19.7 Å². The molecule has 10 nitrogen and oxygen atoms in total. The summed E-state index contributed by atoms with van der Waals surface area (Å²) in [6.07, 6.45) is 3.55. The van der Waals surface area contributed by atoms with E-state index in [2.05, 4.69) is 20.6 Å². The molecule has 4 N–H and O–H groups in total. The molecule has 10 heteroatoms. The number of aliphatic hydroxyl groups excluding tert-OH is 1. The first-order valence-corrected chi connectivity index (χ1v) is 13.5. The van der Waals surface area contributed by atoms with E-state index in [0.717, 1.165) is 34.9 Å². The van der Waals surface area contributed by atoms with Crippen molar-refractivity contribution in [3.05, 3.63) is 66.5 Å². The number of benzene rings is 2. The second-order valence-electron chi connectivity index (χ2n) is 10.2. The van der Waals surface area contributed by atoms with Crippen molar-refractivity contribution in [3.8, 4) is 22.9 Å². The number of aromatic nitrogens is 3. The van der Waals surface area contributed by atoms with Crippen LogP contribution in [0.1, 0.15) is 32.3 Å². The predicted molar refractivity (Wildman–Crippen MR) is 155 cm³/mol. The number of anilines is 2. The molecule has 0 spiro atoms. The molecule has 208 valence electrons. The van der Waals surface area contributed by atoms with Crippen molar-refractivity contribution < 1.29 is 19.7 Å². The Morgan fingerprint density at radius 3 is 2.73 bits per heavy atom. The Morgan fingerprint density at radius 2 is 1.93 bits per heavy atom. The van der Waals surface area contributed by atoms with Gasteiger partial charge in [-0.15, -0.1) is 0 Å². The molecule has 2 unspecified atom stereocenters. The average Bonchev–Trinajstić information content (AvgIpc) is 2.95. The van der Waals surface area contributed by atoms with Crippen LogP contribution in [0.2, 0.25) is 0 Å². The fourth-order valence-corrected chi connectivity index (χ4v) is 4.86. The monoisotopic (exact) mass is 542 g/mol. The Balaban J connectivity index is 1.44. The van der Waals surface area contributed by atoms with Crippen LogP contribution in [-0.4, -0.2) is 67.4 Å². The molecule has 0 aliphatic carbocycles. The zero-order valence-corrected chi connectivity index (χ0v) is 22.8. The molecule has 1 fully saturated rings. The molecule has 3 heterocycles. The molecular formula is C30H34N6O4. The van der Waals surface area contributed by atoms with Crippen LogP contribution in [0.25, 0.3) is 22.0 Å². The Morgan fingerprint density at radius 1 is 1.07 bits per heavy atom. The number of hydrogen-bond acceptors (Lipinski definition) is 8. The van der Waals surface area contributed by atoms with Crippen LogP contribution >= 0.6 is 0 Å². The number of aryl methyl sites for hydroxylation is 1. The van der Waals surface area contributed by atoms with Crippen LogP contribution in [0, 0.1) is 6.92 Å². The summed E-state index contributed by atoms with van der Waals surface area (Å²) in [6.45, 7) is 6.62. The molecule has 1 amide bonds. The maximum atomic E-state index is 11.4. The van der Waals surface area contributed by atoms with E-state index < -0.39 is 12.2 Å². The van der Waals surface area contributed by atoms with E-state index >= 15 is 0 Å². The van der Waals surface area contributed by atoms with Crippen molar-refractivity contribution in [2.75, 3.05) is 23.7 Å². The third-order valence-corrected chi connectivity index (χ3v) is 7.24. The maximum absolute atomic E-state index is 11.4. The highest BCUT2D eigenvalue weighted by Crippen LogP contribution is 2.38. The van der Waals surface area contributed by atoms with E-state index in [9.17, 15) is 15.0 Å². The Kier molecular flexibility index (Phi) is 7.97. The minimum atomic E-state index is -0.914. The van der Waals surface area contributed by atoms with Crippen molar-refractivity contribution in [2.45, 2.75) is 51.8 Å². The van der Waals surface area contributed by atoms with Gasteiger partial charge in [-0.05, 0) is 63.4 Å². The molecule has 4 aromatic rings. The van der Waals surface area contributed by atoms with E-state index in [1.807, 2.05) is 56.3 Å². The smallest absolute Gasteiger partial charge is 0.407 e. The molecular weight excluding hydrogens is 508 g/mol. The highest BCUT2D eigenvalue weighted by atomic mass is 16.5. The zero-order valence-electron chi connectivity index (χ0n) is 22.8. The predicted octanol–water partition coefficient (Wildman–Crippen LogP) is 5.53. The summed E-state index contributed by atoms with van der Waals surface area (Å²) in [4.78, 5) is 26.5. The fourth-order valence-electron chi connectivity index (χ4n) is 4.86. The number of amides is 1. The van der Waals surface area contributed by atoms with Crippen LogP contribution in [0.5, 0.6) is 11.6 Å². The molecule has 0 saturated carbocycles. The van der Waals surface area contributed by atoms with E-state index in [4.69, 9.17) is 9.72 Å². The number of piperidine rings is 1. The highest BCUT2D eigenvalue weighted by Gasteiger charge is 2.24. The number of nitrogens with one attached hydrogen (secondary N) is 2. The SMILES string of the molecule is Cc1ccc2c(NC(C)C(C)O)cccc2c1Oc1ncccc1-c1ccnc(N[C@H]2CCCN(C(=O)O)C2)n1. The quantitative estimate of drug-likeness (QED) is 0.227. The first-order chi connectivity index (χ1) is 19.3. The van der Waals surface area contributed by atoms with Crippen LogP contribution in [-0.2, 0) is 0 Å². The van der Waals surface area contributed by atoms with Crippen molar-refractivity contribution in [3.63, 3.8) is 0 Å². The summed E-state index contributed by atoms with van der Waals surface area (Å²) in [5.74, 6) is 1.52. The standard InChI is InChI=1S/C30H34N6O4/c1-18-11-12-22-23(8-4-10-25(22)33-19(2)20(3)37)27(18)40-28-24(9-5-14-31-28)26-13-15-32-29(35-26)34-21-7-6-16-36(17-21)30(38)39/h4-5,8-15,19-21,33,37H,6-7,16-17H2,1-3H3,(H,38,39)(H,32,34,35)/t19?,20?,21-/m0/s1. The van der Waals surface area contributed by atoms with E-state index in [0.29, 0.717) is 41.9 Å². The van der Waals surface area contributed by atoms with E-state index in [1.54, 1.807) is 25.4 Å². The molecule has 40 heavy (non-hydrogen) atoms. The van der Waals surface area contributed by atoms with Gasteiger partial charge in [0.2, 0.25) is 11.8 Å². The number of rotatable bonds is 8. The van der Waals surface area contributed by atoms with Gasteiger partial charge in [0.05, 0.1) is 17.4 Å². The third kappa shape index (κ3) is 5.91. The number of pyridine rings is 1. The van der Waals surface area contributed by atoms with Crippen molar-refractivity contribution in [1.29, 1.82) is 0 Å². The normalized spacial score (nSPS) is 16.8. The van der Waals surface area contributed by atoms with E-state index in [-0.39, 0.29) is 12.1 Å². The number of aliphatic hydroxyl groups is 1. The third-order valence-electron chi connectivity index (χ3n) is 7.24. The molecule has 1 aliphatic rings. The van der Waals surface area contributed by atoms with Gasteiger partial charge >= 0.3 is 6.09 Å². The van der Waals surface area contributed by atoms with Gasteiger partial charge < -0.3 is 30.5 Å². The van der Waals surface area contributed by atoms with Crippen molar-refractivity contribution >= 4 is 28.5 Å². The van der Waals surface area contributed by atoms with Crippen LogP contribution < -0.4 is 15.4 Å². The lowest BCUT2D eigenvalue weighted by atomic mass is 10.0. The Hall–Kier alpha value is -4.44. The number of carboxylic acid groups (broad SMARTS) is 1. The van der Waals surface area contributed by atoms with E-state index in [1.165, 1.54) is 4.90 Å². The minimum Gasteiger partial charge on any atom is -0.465 e. The Bertz CT molecular complexity index is 1510. The average molecular weight is 543 g/mol. The summed E-state index contributed by atoms with van der Waals surface area (Å²) >= 11 is 0. The summed E-state index contributed by atoms with van der Waals surface area (Å²) in [5.41, 5.74) is 3.21. The summed E-state index contributed by atoms with van der Waals surface area (Å²) < 4.78 is 6.50. The number of fused-ring (bicyclic) bond motifs is 1. The number of hydrogen-bond donors (Lipinski definition) is 4. The second kappa shape index (κ2) is 11.7. The van der Waals surface area contributed by atoms with Crippen LogP contribution in [0.4, 0.5) is 16.4 Å². The lowest BCUT2D eigenvalue weighted by Crippen LogP contribution is -2.44. The molecule has 3 atom stereocenters. The second-order valence-corrected chi connectivity index (χ2v) is 10.2. The lowest BCUT2D eigenvalue weighted by molar-refractivity contribution is 0.132. The van der Waals surface area contributed by atoms with Crippen LogP contribution in [0.15, 0.2) is 60.9 Å². The van der Waals surface area contributed by atoms with Gasteiger partial charge in [-0.1, -0.05) is 24.3 Å². The van der Waals surface area contributed by atoms with Gasteiger partial charge in [-0.3, -0.25) is 0 Å². The largest absolute Gasteiger partial charge is 0.465 e. The van der Waals surface area contributed by atoms with Gasteiger partial charge in [0.1, 0.15) is 5.75 Å². The lowest BCUT2D eigenvalue weighted by Gasteiger charge is -2.31. The summed E-state index contributed by atoms with van der Waals surface area (Å²) in [7, 11) is 0. The summed E-state index contributed by atoms with van der Waals surface area (Å²) in [6, 6.07) is 15.4. The first-order valence-electron chi connectivity index (χ1n) is 13.5. The molecule has 0 bridgehead atoms. The number of nitrogens with zero attached hydrogens (tertiary/aromatic N) is 4. The molecule has 1 aliphatic heterocycles. The molecule has 5 rings (SSSR count). The minimum absolute atomic E-state index is 0.0672. The molecule has 2 aromatic carbocycles. The fraction of sp³-hybridized carbons (Fsp3) is 0.333.